The summed E-state index contributed by atoms with van der Waals surface area (Å²) in [6.45, 7) is 1.03. The van der Waals surface area contributed by atoms with Crippen LogP contribution in [0.2, 0.25) is 5.02 Å². The number of rotatable bonds is 8. The van der Waals surface area contributed by atoms with Crippen molar-refractivity contribution in [2.24, 2.45) is 0 Å². The molecule has 0 saturated carbocycles. The number of hydrogen-bond donors (Lipinski definition) is 4. The minimum Gasteiger partial charge on any atom is -0.495 e. The van der Waals surface area contributed by atoms with Gasteiger partial charge in [0.1, 0.15) is 16.5 Å². The van der Waals surface area contributed by atoms with E-state index in [2.05, 4.69) is 27.1 Å². The van der Waals surface area contributed by atoms with Gasteiger partial charge < -0.3 is 20.3 Å². The second kappa shape index (κ2) is 11.5. The Bertz CT molecular complexity index is 1430. The van der Waals surface area contributed by atoms with E-state index in [-0.39, 0.29) is 40.5 Å². The van der Waals surface area contributed by atoms with Crippen molar-refractivity contribution < 1.29 is 32.1 Å². The Labute approximate surface area is 211 Å². The van der Waals surface area contributed by atoms with Gasteiger partial charge in [0.05, 0.1) is 37.1 Å². The number of anilines is 2. The Morgan fingerprint density at radius 2 is 1.86 bits per heavy atom. The van der Waals surface area contributed by atoms with Crippen LogP contribution >= 0.6 is 11.6 Å². The van der Waals surface area contributed by atoms with Crippen molar-refractivity contribution in [1.82, 2.24) is 9.97 Å². The lowest BCUT2D eigenvalue weighted by molar-refractivity contribution is 0.272. The molecule has 3 aromatic rings. The average molecular weight is 539 g/mol. The molecule has 190 valence electrons. The van der Waals surface area contributed by atoms with Crippen molar-refractivity contribution in [2.75, 3.05) is 23.8 Å². The predicted molar refractivity (Wildman–Crippen MR) is 129 cm³/mol. The lowest BCUT2D eigenvalue weighted by Crippen LogP contribution is -2.20. The van der Waals surface area contributed by atoms with E-state index in [1.807, 2.05) is 4.72 Å². The molecule has 0 bridgehead atoms. The number of aliphatic hydroxyl groups is 2. The van der Waals surface area contributed by atoms with Crippen LogP contribution in [0.15, 0.2) is 41.6 Å². The third-order valence-corrected chi connectivity index (χ3v) is 6.32. The summed E-state index contributed by atoms with van der Waals surface area (Å²) in [7, 11) is -3.27. The zero-order chi connectivity index (χ0) is 26.5. The first kappa shape index (κ1) is 27.1. The number of ether oxygens (including phenoxy) is 1. The molecular formula is C23H21ClF2N4O5S. The van der Waals surface area contributed by atoms with E-state index in [0.29, 0.717) is 0 Å². The normalized spacial score (nSPS) is 11.9. The van der Waals surface area contributed by atoms with Crippen molar-refractivity contribution in [3.63, 3.8) is 0 Å². The van der Waals surface area contributed by atoms with Gasteiger partial charge in [-0.1, -0.05) is 23.4 Å². The smallest absolute Gasteiger partial charge is 0.265 e. The van der Waals surface area contributed by atoms with Crippen molar-refractivity contribution >= 4 is 33.3 Å². The Morgan fingerprint density at radius 3 is 2.47 bits per heavy atom. The fourth-order valence-corrected chi connectivity index (χ4v) is 4.59. The summed E-state index contributed by atoms with van der Waals surface area (Å²) in [5.74, 6) is 2.65. The number of halogens is 3. The molecule has 0 radical (unpaired) electrons. The van der Waals surface area contributed by atoms with Crippen molar-refractivity contribution in [1.29, 1.82) is 0 Å². The quantitative estimate of drug-likeness (QED) is 0.322. The number of nitrogens with one attached hydrogen (secondary N) is 2. The molecule has 13 heteroatoms. The molecule has 0 aliphatic rings. The van der Waals surface area contributed by atoms with Crippen LogP contribution in [0.4, 0.5) is 20.4 Å². The van der Waals surface area contributed by atoms with Crippen molar-refractivity contribution in [3.05, 3.63) is 70.0 Å². The number of methoxy groups -OCH3 is 1. The molecule has 0 amide bonds. The number of sulfonamides is 1. The third-order valence-electron chi connectivity index (χ3n) is 4.73. The Kier molecular flexibility index (Phi) is 8.65. The first-order valence-corrected chi connectivity index (χ1v) is 12.1. The molecule has 9 nitrogen and oxygen atoms in total. The van der Waals surface area contributed by atoms with E-state index in [0.717, 1.165) is 18.2 Å². The number of nitrogens with zero attached hydrogens (tertiary/aromatic N) is 2. The van der Waals surface area contributed by atoms with Crippen LogP contribution in [0.5, 0.6) is 5.75 Å². The van der Waals surface area contributed by atoms with Crippen LogP contribution in [-0.2, 0) is 16.6 Å². The van der Waals surface area contributed by atoms with Gasteiger partial charge in [-0.05, 0) is 31.2 Å². The van der Waals surface area contributed by atoms with E-state index >= 15 is 4.39 Å². The highest BCUT2D eigenvalue weighted by molar-refractivity contribution is 7.92. The topological polar surface area (TPSA) is 134 Å². The highest BCUT2D eigenvalue weighted by Crippen LogP contribution is 2.33. The lowest BCUT2D eigenvalue weighted by atomic mass is 10.1. The summed E-state index contributed by atoms with van der Waals surface area (Å²) < 4.78 is 62.6. The van der Waals surface area contributed by atoms with Gasteiger partial charge in [0.2, 0.25) is 5.95 Å². The minimum atomic E-state index is -4.47. The summed E-state index contributed by atoms with van der Waals surface area (Å²) in [6, 6.07) is 3.89. The van der Waals surface area contributed by atoms with Crippen LogP contribution in [0.25, 0.3) is 0 Å². The second-order valence-electron chi connectivity index (χ2n) is 7.42. The molecule has 3 rings (SSSR count). The SMILES string of the molecule is COc1c(CO)cc(Cl)cc1S(=O)(=O)Nc1ccc(F)c(C#Cc2cnc(N[C@H](C)CO)nc2)c1F. The van der Waals surface area contributed by atoms with Crippen molar-refractivity contribution in [2.45, 2.75) is 24.5 Å². The summed E-state index contributed by atoms with van der Waals surface area (Å²) in [5.41, 5.74) is -0.907. The molecule has 1 heterocycles. The van der Waals surface area contributed by atoms with Crippen LogP contribution in [0.3, 0.4) is 0 Å². The minimum absolute atomic E-state index is 0.000569. The van der Waals surface area contributed by atoms with Gasteiger partial charge in [-0.25, -0.2) is 27.2 Å². The highest BCUT2D eigenvalue weighted by atomic mass is 35.5. The van der Waals surface area contributed by atoms with Gasteiger partial charge >= 0.3 is 0 Å². The van der Waals surface area contributed by atoms with Crippen LogP contribution < -0.4 is 14.8 Å². The van der Waals surface area contributed by atoms with Gasteiger partial charge in [0, 0.05) is 29.0 Å². The zero-order valence-electron chi connectivity index (χ0n) is 19.0. The Hall–Kier alpha value is -3.50. The van der Waals surface area contributed by atoms with Crippen LogP contribution in [0, 0.1) is 23.5 Å². The van der Waals surface area contributed by atoms with Crippen LogP contribution in [-0.4, -0.2) is 48.4 Å². The van der Waals surface area contributed by atoms with E-state index in [1.54, 1.807) is 6.92 Å². The molecular weight excluding hydrogens is 518 g/mol. The van der Waals surface area contributed by atoms with Crippen molar-refractivity contribution in [3.8, 4) is 17.6 Å². The number of aliphatic hydroxyl groups excluding tert-OH is 2. The summed E-state index contributed by atoms with van der Waals surface area (Å²) >= 11 is 5.96. The van der Waals surface area contributed by atoms with Gasteiger partial charge in [0.15, 0.2) is 5.82 Å². The fourth-order valence-electron chi connectivity index (χ4n) is 2.98. The monoisotopic (exact) mass is 538 g/mol. The lowest BCUT2D eigenvalue weighted by Gasteiger charge is -2.15. The highest BCUT2D eigenvalue weighted by Gasteiger charge is 2.25. The standard InChI is InChI=1S/C23H21ClF2N4O5S/c1-13(11-31)29-23-27-9-14(10-28-23)3-4-17-18(25)5-6-19(21(17)26)30-36(33,34)20-8-16(24)7-15(12-32)22(20)35-2/h5-10,13,30-32H,11-12H2,1-2H3,(H,27,28,29)/t13-/m1/s1. The molecule has 0 spiro atoms. The number of aromatic nitrogens is 2. The predicted octanol–water partition coefficient (Wildman–Crippen LogP) is 2.90. The largest absolute Gasteiger partial charge is 0.495 e. The van der Waals surface area contributed by atoms with Crippen LogP contribution in [0.1, 0.15) is 23.6 Å². The summed E-state index contributed by atoms with van der Waals surface area (Å²) in [5, 5.41) is 21.4. The van der Waals surface area contributed by atoms with Gasteiger partial charge in [-0.3, -0.25) is 4.72 Å². The van der Waals surface area contributed by atoms with Gasteiger partial charge in [0.25, 0.3) is 10.0 Å². The molecule has 1 atom stereocenters. The molecule has 0 fully saturated rings. The summed E-state index contributed by atoms with van der Waals surface area (Å²) in [4.78, 5) is 7.57. The van der Waals surface area contributed by atoms with Gasteiger partial charge in [-0.15, -0.1) is 0 Å². The number of benzene rings is 2. The van der Waals surface area contributed by atoms with E-state index in [4.69, 9.17) is 21.4 Å². The second-order valence-corrected chi connectivity index (χ2v) is 9.50. The molecule has 1 aromatic heterocycles. The molecule has 0 saturated heterocycles. The molecule has 0 unspecified atom stereocenters. The number of hydrogen-bond acceptors (Lipinski definition) is 8. The van der Waals surface area contributed by atoms with Gasteiger partial charge in [-0.2, -0.15) is 0 Å². The van der Waals surface area contributed by atoms with E-state index < -0.39 is 44.4 Å². The zero-order valence-corrected chi connectivity index (χ0v) is 20.6. The summed E-state index contributed by atoms with van der Waals surface area (Å²) in [6.07, 6.45) is 2.64. The fraction of sp³-hybridized carbons (Fsp3) is 0.217. The maximum atomic E-state index is 15.1. The third kappa shape index (κ3) is 6.19. The van der Waals surface area contributed by atoms with E-state index in [9.17, 15) is 17.9 Å². The first-order chi connectivity index (χ1) is 17.1. The first-order valence-electron chi connectivity index (χ1n) is 10.3. The molecule has 4 N–H and O–H groups in total. The average Bonchev–Trinajstić information content (AvgIpc) is 2.85. The Morgan fingerprint density at radius 1 is 1.17 bits per heavy atom. The molecule has 2 aromatic carbocycles. The van der Waals surface area contributed by atoms with E-state index in [1.165, 1.54) is 25.6 Å². The maximum absolute atomic E-state index is 15.1. The maximum Gasteiger partial charge on any atom is 0.265 e. The molecule has 0 aliphatic carbocycles. The Balaban J connectivity index is 1.93. The molecule has 0 aliphatic heterocycles. The molecule has 36 heavy (non-hydrogen) atoms.